The second-order valence-electron chi connectivity index (χ2n) is 6.38. The van der Waals surface area contributed by atoms with Crippen LogP contribution >= 0.6 is 12.2 Å². The van der Waals surface area contributed by atoms with Crippen molar-refractivity contribution in [1.82, 2.24) is 20.1 Å². The van der Waals surface area contributed by atoms with E-state index in [0.717, 1.165) is 57.6 Å². The van der Waals surface area contributed by atoms with Gasteiger partial charge >= 0.3 is 0 Å². The highest BCUT2D eigenvalue weighted by Gasteiger charge is 2.15. The number of thiocarbonyl (C=S) groups is 1. The summed E-state index contributed by atoms with van der Waals surface area (Å²) in [4.78, 5) is 8.78. The molecule has 0 unspecified atom stereocenters. The molecule has 0 amide bonds. The molecule has 0 spiro atoms. The predicted octanol–water partition coefficient (Wildman–Crippen LogP) is 2.29. The molecule has 1 aromatic heterocycles. The van der Waals surface area contributed by atoms with E-state index in [1.165, 1.54) is 11.1 Å². The van der Waals surface area contributed by atoms with Gasteiger partial charge in [0.15, 0.2) is 5.11 Å². The van der Waals surface area contributed by atoms with Gasteiger partial charge in [-0.05, 0) is 35.5 Å². The van der Waals surface area contributed by atoms with Crippen LogP contribution in [0.5, 0.6) is 0 Å². The van der Waals surface area contributed by atoms with Crippen LogP contribution in [0.25, 0.3) is 0 Å². The first kappa shape index (κ1) is 18.8. The number of nitrogens with zero attached hydrogens (tertiary/aromatic N) is 3. The molecular formula is C20H26N4OS. The number of benzene rings is 1. The van der Waals surface area contributed by atoms with E-state index in [4.69, 9.17) is 17.0 Å². The van der Waals surface area contributed by atoms with Gasteiger partial charge in [0, 0.05) is 51.7 Å². The molecule has 2 heterocycles. The molecule has 1 aromatic carbocycles. The Morgan fingerprint density at radius 1 is 1.08 bits per heavy atom. The van der Waals surface area contributed by atoms with Crippen LogP contribution in [0.2, 0.25) is 0 Å². The van der Waals surface area contributed by atoms with Crippen molar-refractivity contribution < 1.29 is 4.74 Å². The summed E-state index contributed by atoms with van der Waals surface area (Å²) in [7, 11) is 0. The van der Waals surface area contributed by atoms with Crippen LogP contribution in [0.1, 0.15) is 11.1 Å². The fourth-order valence-corrected chi connectivity index (χ4v) is 3.16. The second kappa shape index (κ2) is 10.2. The monoisotopic (exact) mass is 370 g/mol. The molecule has 1 aliphatic heterocycles. The lowest BCUT2D eigenvalue weighted by Crippen LogP contribution is -2.45. The first-order valence-corrected chi connectivity index (χ1v) is 9.48. The molecule has 26 heavy (non-hydrogen) atoms. The van der Waals surface area contributed by atoms with E-state index < -0.39 is 0 Å². The number of hydrogen-bond donors (Lipinski definition) is 1. The van der Waals surface area contributed by atoms with E-state index in [1.54, 1.807) is 0 Å². The molecule has 3 rings (SSSR count). The van der Waals surface area contributed by atoms with Gasteiger partial charge in [-0.3, -0.25) is 9.88 Å². The Hall–Kier alpha value is -2.02. The topological polar surface area (TPSA) is 40.6 Å². The van der Waals surface area contributed by atoms with Crippen LogP contribution in [0.4, 0.5) is 0 Å². The lowest BCUT2D eigenvalue weighted by Gasteiger charge is -2.31. The van der Waals surface area contributed by atoms with Gasteiger partial charge in [-0.15, -0.1) is 0 Å². The van der Waals surface area contributed by atoms with Gasteiger partial charge in [0.05, 0.1) is 13.2 Å². The van der Waals surface area contributed by atoms with E-state index in [9.17, 15) is 0 Å². The lowest BCUT2D eigenvalue weighted by molar-refractivity contribution is 0.0357. The fraction of sp³-hybridized carbons (Fsp3) is 0.400. The Morgan fingerprint density at radius 3 is 2.54 bits per heavy atom. The molecule has 0 aliphatic carbocycles. The first-order chi connectivity index (χ1) is 12.8. The molecule has 0 bridgehead atoms. The van der Waals surface area contributed by atoms with E-state index in [2.05, 4.69) is 32.2 Å². The van der Waals surface area contributed by atoms with Gasteiger partial charge in [-0.1, -0.05) is 30.3 Å². The van der Waals surface area contributed by atoms with Gasteiger partial charge in [-0.25, -0.2) is 0 Å². The van der Waals surface area contributed by atoms with Crippen molar-refractivity contribution in [3.8, 4) is 0 Å². The number of morpholine rings is 1. The maximum absolute atomic E-state index is 5.70. The number of rotatable bonds is 7. The Balaban J connectivity index is 1.58. The van der Waals surface area contributed by atoms with E-state index in [-0.39, 0.29) is 0 Å². The third-order valence-electron chi connectivity index (χ3n) is 4.49. The predicted molar refractivity (Wildman–Crippen MR) is 108 cm³/mol. The van der Waals surface area contributed by atoms with Crippen LogP contribution in [0.3, 0.4) is 0 Å². The SMILES string of the molecule is S=C(NCc1ccccc1)N(CCN1CCOCC1)Cc1ccncc1. The molecular weight excluding hydrogens is 344 g/mol. The summed E-state index contributed by atoms with van der Waals surface area (Å²) in [5.41, 5.74) is 2.44. The zero-order chi connectivity index (χ0) is 18.0. The summed E-state index contributed by atoms with van der Waals surface area (Å²) in [5.74, 6) is 0. The molecule has 138 valence electrons. The summed E-state index contributed by atoms with van der Waals surface area (Å²) in [6.07, 6.45) is 3.66. The van der Waals surface area contributed by atoms with Crippen LogP contribution in [0.15, 0.2) is 54.9 Å². The Kier molecular flexibility index (Phi) is 7.37. The van der Waals surface area contributed by atoms with Gasteiger partial charge < -0.3 is 15.0 Å². The number of aromatic nitrogens is 1. The van der Waals surface area contributed by atoms with Crippen molar-refractivity contribution >= 4 is 17.3 Å². The van der Waals surface area contributed by atoms with Crippen LogP contribution in [0, 0.1) is 0 Å². The van der Waals surface area contributed by atoms with Crippen LogP contribution in [-0.4, -0.2) is 59.3 Å². The Morgan fingerprint density at radius 2 is 1.81 bits per heavy atom. The fourth-order valence-electron chi connectivity index (χ4n) is 2.93. The molecule has 2 aromatic rings. The number of ether oxygens (including phenoxy) is 1. The van der Waals surface area contributed by atoms with Gasteiger partial charge in [0.25, 0.3) is 0 Å². The Bertz CT molecular complexity index is 662. The standard InChI is InChI=1S/C20H26N4OS/c26-20(22-16-18-4-2-1-3-5-18)24(17-19-6-8-21-9-7-19)11-10-23-12-14-25-15-13-23/h1-9H,10-17H2,(H,22,26). The molecule has 1 saturated heterocycles. The van der Waals surface area contributed by atoms with Crippen LogP contribution < -0.4 is 5.32 Å². The summed E-state index contributed by atoms with van der Waals surface area (Å²) in [5, 5.41) is 4.20. The summed E-state index contributed by atoms with van der Waals surface area (Å²) < 4.78 is 5.44. The van der Waals surface area contributed by atoms with Crippen molar-refractivity contribution in [1.29, 1.82) is 0 Å². The maximum atomic E-state index is 5.70. The van der Waals surface area contributed by atoms with Crippen molar-refractivity contribution in [3.05, 3.63) is 66.0 Å². The molecule has 0 saturated carbocycles. The third-order valence-corrected chi connectivity index (χ3v) is 4.89. The van der Waals surface area contributed by atoms with Gasteiger partial charge in [0.1, 0.15) is 0 Å². The highest BCUT2D eigenvalue weighted by molar-refractivity contribution is 7.80. The molecule has 1 N–H and O–H groups in total. The molecule has 0 atom stereocenters. The number of hydrogen-bond acceptors (Lipinski definition) is 4. The van der Waals surface area contributed by atoms with Crippen molar-refractivity contribution in [2.24, 2.45) is 0 Å². The smallest absolute Gasteiger partial charge is 0.169 e. The molecule has 5 nitrogen and oxygen atoms in total. The maximum Gasteiger partial charge on any atom is 0.169 e. The van der Waals surface area contributed by atoms with E-state index >= 15 is 0 Å². The van der Waals surface area contributed by atoms with Crippen molar-refractivity contribution in [3.63, 3.8) is 0 Å². The number of pyridine rings is 1. The second-order valence-corrected chi connectivity index (χ2v) is 6.76. The minimum Gasteiger partial charge on any atom is -0.379 e. The molecule has 6 heteroatoms. The quantitative estimate of drug-likeness (QED) is 0.754. The van der Waals surface area contributed by atoms with Crippen molar-refractivity contribution in [2.45, 2.75) is 13.1 Å². The largest absolute Gasteiger partial charge is 0.379 e. The molecule has 1 aliphatic rings. The average Bonchev–Trinajstić information content (AvgIpc) is 2.71. The van der Waals surface area contributed by atoms with Gasteiger partial charge in [0.2, 0.25) is 0 Å². The minimum absolute atomic E-state index is 0.740. The summed E-state index contributed by atoms with van der Waals surface area (Å²) >= 11 is 5.70. The summed E-state index contributed by atoms with van der Waals surface area (Å²) in [6.45, 7) is 7.03. The normalized spacial score (nSPS) is 14.8. The molecule has 0 radical (unpaired) electrons. The van der Waals surface area contributed by atoms with Crippen LogP contribution in [-0.2, 0) is 17.8 Å². The lowest BCUT2D eigenvalue weighted by atomic mass is 10.2. The zero-order valence-corrected chi connectivity index (χ0v) is 15.8. The summed E-state index contributed by atoms with van der Waals surface area (Å²) in [6, 6.07) is 14.4. The zero-order valence-electron chi connectivity index (χ0n) is 15.0. The Labute approximate surface area is 161 Å². The highest BCUT2D eigenvalue weighted by atomic mass is 32.1. The van der Waals surface area contributed by atoms with E-state index in [0.29, 0.717) is 0 Å². The molecule has 1 fully saturated rings. The highest BCUT2D eigenvalue weighted by Crippen LogP contribution is 2.06. The first-order valence-electron chi connectivity index (χ1n) is 9.07. The number of nitrogens with one attached hydrogen (secondary N) is 1. The minimum atomic E-state index is 0.740. The van der Waals surface area contributed by atoms with E-state index in [1.807, 2.05) is 42.7 Å². The third kappa shape index (κ3) is 6.05. The average molecular weight is 371 g/mol. The van der Waals surface area contributed by atoms with Crippen molar-refractivity contribution in [2.75, 3.05) is 39.4 Å². The van der Waals surface area contributed by atoms with Gasteiger partial charge in [-0.2, -0.15) is 0 Å².